The van der Waals surface area contributed by atoms with E-state index in [1.54, 1.807) is 36.5 Å². The Bertz CT molecular complexity index is 760. The third-order valence-electron chi connectivity index (χ3n) is 4.39. The van der Waals surface area contributed by atoms with Gasteiger partial charge in [-0.15, -0.1) is 0 Å². The minimum absolute atomic E-state index is 0.113. The third-order valence-corrected chi connectivity index (χ3v) is 4.39. The van der Waals surface area contributed by atoms with Gasteiger partial charge in [-0.1, -0.05) is 12.1 Å². The second kappa shape index (κ2) is 8.39. The lowest BCUT2D eigenvalue weighted by Crippen LogP contribution is -2.48. The highest BCUT2D eigenvalue weighted by molar-refractivity contribution is 5.92. The Morgan fingerprint density at radius 3 is 2.65 bits per heavy atom. The highest BCUT2D eigenvalue weighted by Crippen LogP contribution is 2.22. The molecule has 0 radical (unpaired) electrons. The fourth-order valence-electron chi connectivity index (χ4n) is 2.95. The number of piperazine rings is 1. The van der Waals surface area contributed by atoms with E-state index in [2.05, 4.69) is 20.1 Å². The number of carbonyl (C=O) groups is 1. The molecule has 26 heavy (non-hydrogen) atoms. The summed E-state index contributed by atoms with van der Waals surface area (Å²) in [6, 6.07) is 12.0. The van der Waals surface area contributed by atoms with Gasteiger partial charge in [0.25, 0.3) is 11.6 Å². The van der Waals surface area contributed by atoms with Crippen molar-refractivity contribution in [2.24, 2.45) is 0 Å². The molecular formula is C18H21N5O3. The number of rotatable bonds is 6. The first kappa shape index (κ1) is 17.8. The molecule has 8 heteroatoms. The number of carbonyl (C=O) groups excluding carboxylic acids is 1. The Morgan fingerprint density at radius 1 is 1.15 bits per heavy atom. The van der Waals surface area contributed by atoms with Crippen LogP contribution in [0.3, 0.4) is 0 Å². The lowest BCUT2D eigenvalue weighted by Gasteiger charge is -2.36. The molecule has 136 valence electrons. The Labute approximate surface area is 151 Å². The monoisotopic (exact) mass is 355 g/mol. The first-order valence-electron chi connectivity index (χ1n) is 8.54. The number of nitro groups is 1. The number of hydrogen-bond donors (Lipinski definition) is 1. The van der Waals surface area contributed by atoms with Crippen molar-refractivity contribution in [1.82, 2.24) is 15.2 Å². The number of aromatic nitrogens is 1. The minimum atomic E-state index is -0.371. The quantitative estimate of drug-likeness (QED) is 0.624. The van der Waals surface area contributed by atoms with E-state index in [1.807, 2.05) is 6.07 Å². The van der Waals surface area contributed by atoms with E-state index in [0.717, 1.165) is 38.4 Å². The van der Waals surface area contributed by atoms with Gasteiger partial charge < -0.3 is 10.2 Å². The Balaban J connectivity index is 1.43. The summed E-state index contributed by atoms with van der Waals surface area (Å²) >= 11 is 0. The summed E-state index contributed by atoms with van der Waals surface area (Å²) < 4.78 is 0. The van der Waals surface area contributed by atoms with Gasteiger partial charge in [-0.2, -0.15) is 0 Å². The van der Waals surface area contributed by atoms with Crippen LogP contribution in [0.5, 0.6) is 0 Å². The van der Waals surface area contributed by atoms with Crippen molar-refractivity contribution in [3.63, 3.8) is 0 Å². The van der Waals surface area contributed by atoms with Crippen LogP contribution in [0.25, 0.3) is 0 Å². The van der Waals surface area contributed by atoms with Crippen molar-refractivity contribution >= 4 is 17.3 Å². The number of anilines is 1. The predicted molar refractivity (Wildman–Crippen MR) is 98.3 cm³/mol. The Kier molecular flexibility index (Phi) is 5.75. The van der Waals surface area contributed by atoms with Gasteiger partial charge in [-0.3, -0.25) is 24.8 Å². The van der Waals surface area contributed by atoms with Crippen LogP contribution in [0.1, 0.15) is 10.5 Å². The molecule has 1 aromatic carbocycles. The average molecular weight is 355 g/mol. The lowest BCUT2D eigenvalue weighted by molar-refractivity contribution is -0.384. The van der Waals surface area contributed by atoms with Gasteiger partial charge in [0.1, 0.15) is 5.69 Å². The number of nitrogens with zero attached hydrogens (tertiary/aromatic N) is 4. The van der Waals surface area contributed by atoms with Crippen LogP contribution < -0.4 is 10.2 Å². The maximum absolute atomic E-state index is 12.0. The van der Waals surface area contributed by atoms with E-state index < -0.39 is 0 Å². The third kappa shape index (κ3) is 4.54. The van der Waals surface area contributed by atoms with Crippen molar-refractivity contribution in [3.8, 4) is 0 Å². The van der Waals surface area contributed by atoms with Gasteiger partial charge in [-0.25, -0.2) is 0 Å². The molecule has 2 aromatic rings. The molecule has 0 aliphatic carbocycles. The molecule has 1 saturated heterocycles. The molecule has 8 nitrogen and oxygen atoms in total. The Morgan fingerprint density at radius 2 is 1.96 bits per heavy atom. The summed E-state index contributed by atoms with van der Waals surface area (Å²) in [5, 5.41) is 13.8. The SMILES string of the molecule is O=C(NCCN1CCN(c2cccc([N+](=O)[O-])c2)CC1)c1ccccn1. The maximum Gasteiger partial charge on any atom is 0.271 e. The number of amides is 1. The number of nitrogens with one attached hydrogen (secondary N) is 1. The number of nitro benzene ring substituents is 1. The molecule has 1 aliphatic heterocycles. The molecule has 0 saturated carbocycles. The van der Waals surface area contributed by atoms with Crippen molar-refractivity contribution in [2.75, 3.05) is 44.2 Å². The maximum atomic E-state index is 12.0. The van der Waals surface area contributed by atoms with E-state index in [-0.39, 0.29) is 16.5 Å². The van der Waals surface area contributed by atoms with Crippen molar-refractivity contribution in [3.05, 3.63) is 64.5 Å². The molecule has 1 amide bonds. The van der Waals surface area contributed by atoms with Gasteiger partial charge >= 0.3 is 0 Å². The highest BCUT2D eigenvalue weighted by Gasteiger charge is 2.18. The minimum Gasteiger partial charge on any atom is -0.369 e. The van der Waals surface area contributed by atoms with E-state index in [4.69, 9.17) is 0 Å². The fourth-order valence-corrected chi connectivity index (χ4v) is 2.95. The van der Waals surface area contributed by atoms with Crippen molar-refractivity contribution in [2.45, 2.75) is 0 Å². The second-order valence-electron chi connectivity index (χ2n) is 6.08. The average Bonchev–Trinajstić information content (AvgIpc) is 2.69. The predicted octanol–water partition coefficient (Wildman–Crippen LogP) is 1.54. The topological polar surface area (TPSA) is 91.6 Å². The number of non-ortho nitro benzene ring substituents is 1. The zero-order valence-electron chi connectivity index (χ0n) is 14.4. The first-order chi connectivity index (χ1) is 12.6. The normalized spacial score (nSPS) is 14.8. The van der Waals surface area contributed by atoms with Crippen LogP contribution in [0.15, 0.2) is 48.7 Å². The summed E-state index contributed by atoms with van der Waals surface area (Å²) in [5.41, 5.74) is 1.41. The standard InChI is InChI=1S/C18H21N5O3/c24-18(17-6-1-2-7-19-17)20-8-9-21-10-12-22(13-11-21)15-4-3-5-16(14-15)23(25)26/h1-7,14H,8-13H2,(H,20,24). The zero-order valence-corrected chi connectivity index (χ0v) is 14.4. The first-order valence-corrected chi connectivity index (χ1v) is 8.54. The molecule has 0 spiro atoms. The van der Waals surface area contributed by atoms with Gasteiger partial charge in [0.15, 0.2) is 0 Å². The molecule has 1 fully saturated rings. The molecule has 0 atom stereocenters. The van der Waals surface area contributed by atoms with Crippen LogP contribution in [-0.4, -0.2) is 60.0 Å². The van der Waals surface area contributed by atoms with Gasteiger partial charge in [0, 0.05) is 63.3 Å². The summed E-state index contributed by atoms with van der Waals surface area (Å²) in [5.74, 6) is -0.166. The van der Waals surface area contributed by atoms with E-state index >= 15 is 0 Å². The molecule has 2 heterocycles. The number of hydrogen-bond acceptors (Lipinski definition) is 6. The number of pyridine rings is 1. The highest BCUT2D eigenvalue weighted by atomic mass is 16.6. The van der Waals surface area contributed by atoms with Crippen molar-refractivity contribution in [1.29, 1.82) is 0 Å². The van der Waals surface area contributed by atoms with Crippen LogP contribution >= 0.6 is 0 Å². The van der Waals surface area contributed by atoms with E-state index in [9.17, 15) is 14.9 Å². The van der Waals surface area contributed by atoms with Crippen LogP contribution in [0, 0.1) is 10.1 Å². The summed E-state index contributed by atoms with van der Waals surface area (Å²) in [6.45, 7) is 4.63. The largest absolute Gasteiger partial charge is 0.369 e. The van der Waals surface area contributed by atoms with Crippen LogP contribution in [0.4, 0.5) is 11.4 Å². The lowest BCUT2D eigenvalue weighted by atomic mass is 10.2. The molecule has 0 unspecified atom stereocenters. The van der Waals surface area contributed by atoms with E-state index in [1.165, 1.54) is 6.07 Å². The summed E-state index contributed by atoms with van der Waals surface area (Å²) in [4.78, 5) is 30.9. The summed E-state index contributed by atoms with van der Waals surface area (Å²) in [7, 11) is 0. The zero-order chi connectivity index (χ0) is 18.4. The van der Waals surface area contributed by atoms with Gasteiger partial charge in [-0.05, 0) is 18.2 Å². The Hall–Kier alpha value is -3.00. The molecular weight excluding hydrogens is 334 g/mol. The van der Waals surface area contributed by atoms with Gasteiger partial charge in [0.05, 0.1) is 4.92 Å². The summed E-state index contributed by atoms with van der Waals surface area (Å²) in [6.07, 6.45) is 1.60. The second-order valence-corrected chi connectivity index (χ2v) is 6.08. The number of benzene rings is 1. The van der Waals surface area contributed by atoms with Gasteiger partial charge in [0.2, 0.25) is 0 Å². The van der Waals surface area contributed by atoms with Crippen LogP contribution in [0.2, 0.25) is 0 Å². The molecule has 3 rings (SSSR count). The fraction of sp³-hybridized carbons (Fsp3) is 0.333. The van der Waals surface area contributed by atoms with Crippen LogP contribution in [-0.2, 0) is 0 Å². The smallest absolute Gasteiger partial charge is 0.271 e. The molecule has 1 aliphatic rings. The van der Waals surface area contributed by atoms with E-state index in [0.29, 0.717) is 12.2 Å². The van der Waals surface area contributed by atoms with Crippen molar-refractivity contribution < 1.29 is 9.72 Å². The molecule has 0 bridgehead atoms. The molecule has 1 N–H and O–H groups in total. The molecule has 1 aromatic heterocycles.